The van der Waals surface area contributed by atoms with Gasteiger partial charge in [0.25, 0.3) is 0 Å². The molecule has 40 heavy (non-hydrogen) atoms. The Morgan fingerprint density at radius 2 is 1.57 bits per heavy atom. The summed E-state index contributed by atoms with van der Waals surface area (Å²) in [5, 5.41) is 8.22. The second-order valence-electron chi connectivity index (χ2n) is 9.22. The molecule has 0 heterocycles. The lowest BCUT2D eigenvalue weighted by atomic mass is 9.99. The molecule has 2 atom stereocenters. The van der Waals surface area contributed by atoms with Gasteiger partial charge in [-0.3, -0.25) is 29.0 Å². The van der Waals surface area contributed by atoms with Gasteiger partial charge in [-0.05, 0) is 43.9 Å². The lowest BCUT2D eigenvalue weighted by molar-refractivity contribution is -0.129. The number of carbonyl (C=O) groups excluding carboxylic acids is 4. The largest absolute Gasteiger partial charge is 0.524 e. The van der Waals surface area contributed by atoms with Gasteiger partial charge in [-0.1, -0.05) is 32.4 Å². The SMILES string of the molecule is CCC(=O)NCCOCCOCC(=O)NCCCC[C@H](C)C(=O)N[C@@H](Cc1ccc(OP(=O)(O)O)cc1)C(C)=O. The Morgan fingerprint density at radius 3 is 2.20 bits per heavy atom. The molecule has 0 saturated carbocycles. The number of ketones is 1. The van der Waals surface area contributed by atoms with E-state index in [0.717, 1.165) is 0 Å². The molecule has 0 fully saturated rings. The number of amides is 3. The smallest absolute Gasteiger partial charge is 0.404 e. The minimum atomic E-state index is -4.66. The van der Waals surface area contributed by atoms with E-state index in [9.17, 15) is 23.7 Å². The van der Waals surface area contributed by atoms with E-state index in [4.69, 9.17) is 19.3 Å². The highest BCUT2D eigenvalue weighted by molar-refractivity contribution is 7.46. The van der Waals surface area contributed by atoms with Crippen molar-refractivity contribution in [1.82, 2.24) is 16.0 Å². The lowest BCUT2D eigenvalue weighted by Gasteiger charge is -2.19. The quantitative estimate of drug-likeness (QED) is 0.103. The molecule has 14 heteroatoms. The van der Waals surface area contributed by atoms with Gasteiger partial charge >= 0.3 is 7.82 Å². The third-order valence-electron chi connectivity index (χ3n) is 5.72. The first kappa shape index (κ1) is 35.2. The number of phosphoric acid groups is 1. The Labute approximate surface area is 235 Å². The van der Waals surface area contributed by atoms with E-state index >= 15 is 0 Å². The summed E-state index contributed by atoms with van der Waals surface area (Å²) < 4.78 is 26.0. The van der Waals surface area contributed by atoms with Gasteiger partial charge in [-0.25, -0.2) is 4.57 Å². The van der Waals surface area contributed by atoms with E-state index < -0.39 is 13.9 Å². The van der Waals surface area contributed by atoms with Gasteiger partial charge in [0.1, 0.15) is 12.4 Å². The van der Waals surface area contributed by atoms with Crippen molar-refractivity contribution in [1.29, 1.82) is 0 Å². The maximum absolute atomic E-state index is 12.6. The van der Waals surface area contributed by atoms with Gasteiger partial charge < -0.3 is 29.9 Å². The maximum atomic E-state index is 12.6. The second kappa shape index (κ2) is 19.3. The molecule has 13 nitrogen and oxygen atoms in total. The molecule has 0 aliphatic carbocycles. The van der Waals surface area contributed by atoms with Crippen molar-refractivity contribution in [3.8, 4) is 5.75 Å². The van der Waals surface area contributed by atoms with E-state index in [1.54, 1.807) is 26.0 Å². The van der Waals surface area contributed by atoms with Crippen LogP contribution in [0.3, 0.4) is 0 Å². The number of benzene rings is 1. The molecule has 1 aromatic carbocycles. The number of rotatable bonds is 21. The normalized spacial score (nSPS) is 12.7. The molecule has 0 aliphatic heterocycles. The van der Waals surface area contributed by atoms with Crippen molar-refractivity contribution in [3.05, 3.63) is 29.8 Å². The van der Waals surface area contributed by atoms with E-state index in [-0.39, 0.29) is 54.8 Å². The van der Waals surface area contributed by atoms with Crippen molar-refractivity contribution in [2.24, 2.45) is 5.92 Å². The first-order valence-electron chi connectivity index (χ1n) is 13.2. The Bertz CT molecular complexity index is 983. The zero-order valence-electron chi connectivity index (χ0n) is 23.3. The molecular weight excluding hydrogens is 545 g/mol. The van der Waals surface area contributed by atoms with Crippen molar-refractivity contribution in [2.45, 2.75) is 58.9 Å². The Morgan fingerprint density at radius 1 is 0.925 bits per heavy atom. The molecule has 0 aromatic heterocycles. The third kappa shape index (κ3) is 17.0. The van der Waals surface area contributed by atoms with Gasteiger partial charge in [0.05, 0.1) is 25.9 Å². The molecule has 1 rings (SSSR count). The summed E-state index contributed by atoms with van der Waals surface area (Å²) >= 11 is 0. The number of hydrogen-bond acceptors (Lipinski definition) is 8. The highest BCUT2D eigenvalue weighted by Crippen LogP contribution is 2.37. The summed E-state index contributed by atoms with van der Waals surface area (Å²) in [4.78, 5) is 65.4. The van der Waals surface area contributed by atoms with Crippen LogP contribution in [0.5, 0.6) is 5.75 Å². The fourth-order valence-corrected chi connectivity index (χ4v) is 3.82. The molecule has 226 valence electrons. The van der Waals surface area contributed by atoms with Gasteiger partial charge in [-0.15, -0.1) is 0 Å². The van der Waals surface area contributed by atoms with Crippen molar-refractivity contribution in [3.63, 3.8) is 0 Å². The summed E-state index contributed by atoms with van der Waals surface area (Å²) in [5.41, 5.74) is 0.691. The first-order chi connectivity index (χ1) is 18.9. The first-order valence-corrected chi connectivity index (χ1v) is 14.8. The minimum absolute atomic E-state index is 0.00522. The van der Waals surface area contributed by atoms with Crippen LogP contribution in [-0.4, -0.2) is 78.9 Å². The second-order valence-corrected chi connectivity index (χ2v) is 10.4. The van der Waals surface area contributed by atoms with Crippen LogP contribution in [0.25, 0.3) is 0 Å². The van der Waals surface area contributed by atoms with Crippen molar-refractivity contribution in [2.75, 3.05) is 39.5 Å². The number of unbranched alkanes of at least 4 members (excludes halogenated alkanes) is 1. The zero-order chi connectivity index (χ0) is 30.0. The van der Waals surface area contributed by atoms with Crippen LogP contribution in [0.2, 0.25) is 0 Å². The van der Waals surface area contributed by atoms with Gasteiger partial charge in [0.2, 0.25) is 17.7 Å². The van der Waals surface area contributed by atoms with Gasteiger partial charge in [0.15, 0.2) is 5.78 Å². The summed E-state index contributed by atoms with van der Waals surface area (Å²) in [6.45, 7) is 6.68. The zero-order valence-corrected chi connectivity index (χ0v) is 24.2. The topological polar surface area (TPSA) is 190 Å². The van der Waals surface area contributed by atoms with Gasteiger partial charge in [-0.2, -0.15) is 0 Å². The van der Waals surface area contributed by atoms with E-state index in [1.165, 1.54) is 19.1 Å². The number of ether oxygens (including phenoxy) is 2. The average Bonchev–Trinajstić information content (AvgIpc) is 2.89. The standard InChI is InChI=1S/C26H42N3O10P/c1-4-24(31)28-13-14-37-15-16-38-18-25(32)27-12-6-5-7-19(2)26(33)29-23(20(3)30)17-21-8-10-22(11-9-21)39-40(34,35)36/h8-11,19,23H,4-7,12-18H2,1-3H3,(H,27,32)(H,28,31)(H,29,33)(H2,34,35,36)/t19-,23-/m0/s1. The van der Waals surface area contributed by atoms with Crippen molar-refractivity contribution < 1.29 is 47.5 Å². The van der Waals surface area contributed by atoms with E-state index in [1.807, 2.05) is 0 Å². The minimum Gasteiger partial charge on any atom is -0.404 e. The van der Waals surface area contributed by atoms with E-state index in [0.29, 0.717) is 57.6 Å². The molecule has 1 aromatic rings. The monoisotopic (exact) mass is 587 g/mol. The summed E-state index contributed by atoms with van der Waals surface area (Å²) in [5.74, 6) is -1.09. The van der Waals surface area contributed by atoms with Crippen LogP contribution < -0.4 is 20.5 Å². The van der Waals surface area contributed by atoms with Crippen LogP contribution in [0.4, 0.5) is 0 Å². The van der Waals surface area contributed by atoms with Crippen LogP contribution >= 0.6 is 7.82 Å². The van der Waals surface area contributed by atoms with Crippen LogP contribution in [0.1, 0.15) is 52.0 Å². The van der Waals surface area contributed by atoms with Crippen LogP contribution in [0, 0.1) is 5.92 Å². The number of Topliss-reactive ketones (excluding diaryl/α,β-unsaturated/α-hetero) is 1. The molecule has 0 bridgehead atoms. The van der Waals surface area contributed by atoms with E-state index in [2.05, 4.69) is 20.5 Å². The highest BCUT2D eigenvalue weighted by atomic mass is 31.2. The predicted molar refractivity (Wildman–Crippen MR) is 146 cm³/mol. The molecular formula is C26H42N3O10P. The molecule has 0 saturated heterocycles. The Kier molecular flexibility index (Phi) is 17.0. The Balaban J connectivity index is 2.22. The summed E-state index contributed by atoms with van der Waals surface area (Å²) in [7, 11) is -4.66. The number of phosphoric ester groups is 1. The lowest BCUT2D eigenvalue weighted by Crippen LogP contribution is -2.43. The summed E-state index contributed by atoms with van der Waals surface area (Å²) in [6, 6.07) is 5.17. The average molecular weight is 588 g/mol. The predicted octanol–water partition coefficient (Wildman–Crippen LogP) is 1.26. The maximum Gasteiger partial charge on any atom is 0.524 e. The summed E-state index contributed by atoms with van der Waals surface area (Å²) in [6.07, 6.45) is 2.60. The molecule has 0 unspecified atom stereocenters. The number of carbonyl (C=O) groups is 4. The molecule has 0 radical (unpaired) electrons. The molecule has 3 amide bonds. The number of hydrogen-bond donors (Lipinski definition) is 5. The van der Waals surface area contributed by atoms with Crippen LogP contribution in [-0.2, 0) is 39.6 Å². The van der Waals surface area contributed by atoms with Crippen LogP contribution in [0.15, 0.2) is 24.3 Å². The number of nitrogens with one attached hydrogen (secondary N) is 3. The highest BCUT2D eigenvalue weighted by Gasteiger charge is 2.21. The molecule has 5 N–H and O–H groups in total. The third-order valence-corrected chi connectivity index (χ3v) is 6.17. The molecule has 0 aliphatic rings. The fraction of sp³-hybridized carbons (Fsp3) is 0.615. The fourth-order valence-electron chi connectivity index (χ4n) is 3.43. The molecule has 0 spiro atoms. The van der Waals surface area contributed by atoms with Gasteiger partial charge in [0, 0.05) is 25.4 Å². The Hall–Kier alpha value is -2.83. The van der Waals surface area contributed by atoms with Crippen molar-refractivity contribution >= 4 is 31.3 Å².